The molecule has 0 aliphatic rings. The van der Waals surface area contributed by atoms with Crippen LogP contribution in [0, 0.1) is 0 Å². The average molecular weight is 390 g/mol. The summed E-state index contributed by atoms with van der Waals surface area (Å²) in [5.41, 5.74) is 0. The molecule has 0 saturated carbocycles. The third-order valence-electron chi connectivity index (χ3n) is 2.69. The van der Waals surface area contributed by atoms with E-state index in [0.717, 1.165) is 10.2 Å². The first-order chi connectivity index (χ1) is 10.5. The fourth-order valence-electron chi connectivity index (χ4n) is 1.49. The van der Waals surface area contributed by atoms with Crippen LogP contribution in [0.4, 0.5) is 0 Å². The molecule has 7 heteroatoms. The van der Waals surface area contributed by atoms with Crippen LogP contribution in [0.2, 0.25) is 0 Å². The van der Waals surface area contributed by atoms with Crippen LogP contribution in [0.1, 0.15) is 6.92 Å². The number of nitrogens with zero attached hydrogens (tertiary/aromatic N) is 1. The lowest BCUT2D eigenvalue weighted by Crippen LogP contribution is -2.32. The van der Waals surface area contributed by atoms with Crippen molar-refractivity contribution in [2.75, 3.05) is 38.3 Å². The Balaban J connectivity index is 2.18. The lowest BCUT2D eigenvalue weighted by atomic mass is 10.3. The summed E-state index contributed by atoms with van der Waals surface area (Å²) >= 11 is 4.61. The maximum atomic E-state index is 11.9. The SMILES string of the molecule is CCOC(=O)CSCC(=O)N(C)CCOc1ccc(Br)cc1. The van der Waals surface area contributed by atoms with E-state index in [1.165, 1.54) is 11.8 Å². The Bertz CT molecular complexity index is 481. The molecule has 1 aromatic rings. The summed E-state index contributed by atoms with van der Waals surface area (Å²) in [5, 5.41) is 0. The molecule has 5 nitrogen and oxygen atoms in total. The summed E-state index contributed by atoms with van der Waals surface area (Å²) in [6, 6.07) is 7.52. The fourth-order valence-corrected chi connectivity index (χ4v) is 2.50. The first-order valence-electron chi connectivity index (χ1n) is 6.88. The normalized spacial score (nSPS) is 10.1. The fraction of sp³-hybridized carbons (Fsp3) is 0.467. The number of esters is 1. The number of carbonyl (C=O) groups is 2. The lowest BCUT2D eigenvalue weighted by molar-refractivity contribution is -0.139. The molecule has 0 atom stereocenters. The zero-order chi connectivity index (χ0) is 16.4. The van der Waals surface area contributed by atoms with E-state index in [9.17, 15) is 9.59 Å². The van der Waals surface area contributed by atoms with Crippen molar-refractivity contribution in [1.29, 1.82) is 0 Å². The van der Waals surface area contributed by atoms with Gasteiger partial charge in [-0.15, -0.1) is 11.8 Å². The summed E-state index contributed by atoms with van der Waals surface area (Å²) in [7, 11) is 1.72. The van der Waals surface area contributed by atoms with E-state index in [0.29, 0.717) is 19.8 Å². The molecule has 0 bridgehead atoms. The highest BCUT2D eigenvalue weighted by molar-refractivity contribution is 9.10. The molecule has 0 fully saturated rings. The van der Waals surface area contributed by atoms with Crippen LogP contribution in [0.3, 0.4) is 0 Å². The summed E-state index contributed by atoms with van der Waals surface area (Å²) in [5.74, 6) is 0.895. The number of hydrogen-bond acceptors (Lipinski definition) is 5. The minimum atomic E-state index is -0.290. The minimum Gasteiger partial charge on any atom is -0.492 e. The highest BCUT2D eigenvalue weighted by atomic mass is 79.9. The van der Waals surface area contributed by atoms with Crippen LogP contribution in [0.15, 0.2) is 28.7 Å². The Labute approximate surface area is 143 Å². The van der Waals surface area contributed by atoms with Crippen molar-refractivity contribution in [3.05, 3.63) is 28.7 Å². The van der Waals surface area contributed by atoms with Gasteiger partial charge in [-0.05, 0) is 31.2 Å². The molecule has 0 aliphatic heterocycles. The molecule has 0 N–H and O–H groups in total. The molecule has 1 aromatic carbocycles. The number of thioether (sulfide) groups is 1. The number of likely N-dealkylation sites (N-methyl/N-ethyl adjacent to an activating group) is 1. The van der Waals surface area contributed by atoms with Crippen molar-refractivity contribution in [1.82, 2.24) is 4.90 Å². The van der Waals surface area contributed by atoms with Crippen molar-refractivity contribution >= 4 is 39.6 Å². The van der Waals surface area contributed by atoms with Crippen molar-refractivity contribution < 1.29 is 19.1 Å². The number of benzene rings is 1. The van der Waals surface area contributed by atoms with Gasteiger partial charge in [0.05, 0.1) is 24.7 Å². The minimum absolute atomic E-state index is 0.0336. The van der Waals surface area contributed by atoms with Gasteiger partial charge in [0.2, 0.25) is 5.91 Å². The summed E-state index contributed by atoms with van der Waals surface area (Å²) in [6.07, 6.45) is 0. The van der Waals surface area contributed by atoms with Gasteiger partial charge in [0.15, 0.2) is 0 Å². The Hall–Kier alpha value is -1.21. The van der Waals surface area contributed by atoms with Crippen LogP contribution in [-0.4, -0.2) is 55.1 Å². The van der Waals surface area contributed by atoms with Crippen LogP contribution >= 0.6 is 27.7 Å². The number of hydrogen-bond donors (Lipinski definition) is 0. The van der Waals surface area contributed by atoms with Crippen LogP contribution in [-0.2, 0) is 14.3 Å². The average Bonchev–Trinajstić information content (AvgIpc) is 2.49. The third-order valence-corrected chi connectivity index (χ3v) is 4.11. The molecule has 1 rings (SSSR count). The van der Waals surface area contributed by atoms with E-state index < -0.39 is 0 Å². The van der Waals surface area contributed by atoms with E-state index in [2.05, 4.69) is 15.9 Å². The standard InChI is InChI=1S/C15H20BrNO4S/c1-3-20-15(19)11-22-10-14(18)17(2)8-9-21-13-6-4-12(16)5-7-13/h4-7H,3,8-11H2,1-2H3. The number of halogens is 1. The molecule has 122 valence electrons. The number of carbonyl (C=O) groups excluding carboxylic acids is 2. The largest absolute Gasteiger partial charge is 0.492 e. The topological polar surface area (TPSA) is 55.8 Å². The number of ether oxygens (including phenoxy) is 2. The molecule has 0 unspecified atom stereocenters. The zero-order valence-corrected chi connectivity index (χ0v) is 15.1. The first kappa shape index (κ1) is 18.8. The molecular formula is C15H20BrNO4S. The molecule has 0 spiro atoms. The third kappa shape index (κ3) is 7.70. The van der Waals surface area contributed by atoms with Gasteiger partial charge in [0, 0.05) is 11.5 Å². The summed E-state index contributed by atoms with van der Waals surface area (Å²) < 4.78 is 11.4. The summed E-state index contributed by atoms with van der Waals surface area (Å²) in [4.78, 5) is 24.6. The Morgan fingerprint density at radius 1 is 1.23 bits per heavy atom. The molecule has 22 heavy (non-hydrogen) atoms. The van der Waals surface area contributed by atoms with Gasteiger partial charge in [-0.1, -0.05) is 15.9 Å². The van der Waals surface area contributed by atoms with Gasteiger partial charge < -0.3 is 14.4 Å². The number of rotatable bonds is 9. The monoisotopic (exact) mass is 389 g/mol. The van der Waals surface area contributed by atoms with Gasteiger partial charge in [0.25, 0.3) is 0 Å². The molecule has 0 aromatic heterocycles. The molecule has 0 radical (unpaired) electrons. The smallest absolute Gasteiger partial charge is 0.315 e. The van der Waals surface area contributed by atoms with E-state index in [4.69, 9.17) is 9.47 Å². The second-order valence-electron chi connectivity index (χ2n) is 4.42. The van der Waals surface area contributed by atoms with E-state index in [-0.39, 0.29) is 23.4 Å². The maximum absolute atomic E-state index is 11.9. The molecule has 0 saturated heterocycles. The lowest BCUT2D eigenvalue weighted by Gasteiger charge is -2.17. The second-order valence-corrected chi connectivity index (χ2v) is 6.32. The molecule has 0 aliphatic carbocycles. The highest BCUT2D eigenvalue weighted by Gasteiger charge is 2.10. The summed E-state index contributed by atoms with van der Waals surface area (Å²) in [6.45, 7) is 3.04. The Morgan fingerprint density at radius 3 is 2.55 bits per heavy atom. The zero-order valence-electron chi connectivity index (χ0n) is 12.7. The van der Waals surface area contributed by atoms with Gasteiger partial charge in [-0.2, -0.15) is 0 Å². The highest BCUT2D eigenvalue weighted by Crippen LogP contribution is 2.15. The predicted molar refractivity (Wildman–Crippen MR) is 91.2 cm³/mol. The molecule has 0 heterocycles. The Kier molecular flexibility index (Phi) is 9.00. The maximum Gasteiger partial charge on any atom is 0.315 e. The van der Waals surface area contributed by atoms with Crippen LogP contribution < -0.4 is 4.74 Å². The van der Waals surface area contributed by atoms with Crippen molar-refractivity contribution in [2.45, 2.75) is 6.92 Å². The van der Waals surface area contributed by atoms with E-state index in [1.54, 1.807) is 18.9 Å². The number of amides is 1. The van der Waals surface area contributed by atoms with Crippen LogP contribution in [0.5, 0.6) is 5.75 Å². The van der Waals surface area contributed by atoms with Gasteiger partial charge >= 0.3 is 5.97 Å². The molecule has 1 amide bonds. The second kappa shape index (κ2) is 10.5. The van der Waals surface area contributed by atoms with E-state index >= 15 is 0 Å². The van der Waals surface area contributed by atoms with Crippen molar-refractivity contribution in [3.8, 4) is 5.75 Å². The predicted octanol–water partition coefficient (Wildman–Crippen LogP) is 2.58. The van der Waals surface area contributed by atoms with Gasteiger partial charge in [-0.25, -0.2) is 0 Å². The molecular weight excluding hydrogens is 370 g/mol. The van der Waals surface area contributed by atoms with Crippen LogP contribution in [0.25, 0.3) is 0 Å². The van der Waals surface area contributed by atoms with E-state index in [1.807, 2.05) is 24.3 Å². The quantitative estimate of drug-likeness (QED) is 0.607. The Morgan fingerprint density at radius 2 is 1.91 bits per heavy atom. The van der Waals surface area contributed by atoms with Gasteiger partial charge in [-0.3, -0.25) is 9.59 Å². The first-order valence-corrected chi connectivity index (χ1v) is 8.83. The van der Waals surface area contributed by atoms with Crippen molar-refractivity contribution in [3.63, 3.8) is 0 Å². The van der Waals surface area contributed by atoms with Gasteiger partial charge in [0.1, 0.15) is 12.4 Å². The van der Waals surface area contributed by atoms with Crippen molar-refractivity contribution in [2.24, 2.45) is 0 Å².